The van der Waals surface area contributed by atoms with Gasteiger partial charge in [-0.15, -0.1) is 0 Å². The van der Waals surface area contributed by atoms with E-state index in [0.717, 1.165) is 49.7 Å². The molecule has 0 atom stereocenters. The van der Waals surface area contributed by atoms with Crippen LogP contribution in [0, 0.1) is 5.92 Å². The zero-order chi connectivity index (χ0) is 14.8. The highest BCUT2D eigenvalue weighted by Gasteiger charge is 2.08. The van der Waals surface area contributed by atoms with E-state index in [2.05, 4.69) is 30.5 Å². The van der Waals surface area contributed by atoms with Crippen LogP contribution in [-0.4, -0.2) is 33.9 Å². The normalized spacial score (nSPS) is 10.8. The third kappa shape index (κ3) is 5.80. The lowest BCUT2D eigenvalue weighted by Crippen LogP contribution is -2.24. The van der Waals surface area contributed by atoms with E-state index in [1.165, 1.54) is 0 Å². The molecule has 4 heteroatoms. The number of rotatable bonds is 10. The van der Waals surface area contributed by atoms with Gasteiger partial charge in [0.05, 0.1) is 14.2 Å². The molecule has 0 saturated heterocycles. The summed E-state index contributed by atoms with van der Waals surface area (Å²) in [5, 5.41) is 6.88. The van der Waals surface area contributed by atoms with E-state index in [1.54, 1.807) is 14.2 Å². The van der Waals surface area contributed by atoms with E-state index in [0.29, 0.717) is 5.92 Å². The molecule has 1 aromatic rings. The molecule has 0 bridgehead atoms. The van der Waals surface area contributed by atoms with Crippen LogP contribution in [0.1, 0.15) is 25.8 Å². The second kappa shape index (κ2) is 9.61. The van der Waals surface area contributed by atoms with E-state index in [4.69, 9.17) is 9.47 Å². The Bertz CT molecular complexity index is 381. The maximum absolute atomic E-state index is 5.41. The van der Waals surface area contributed by atoms with Crippen molar-refractivity contribution in [1.29, 1.82) is 0 Å². The first kappa shape index (κ1) is 16.8. The first-order valence-corrected chi connectivity index (χ1v) is 7.30. The highest BCUT2D eigenvalue weighted by molar-refractivity contribution is 5.46. The van der Waals surface area contributed by atoms with Gasteiger partial charge in [0.25, 0.3) is 0 Å². The number of methoxy groups -OCH3 is 2. The van der Waals surface area contributed by atoms with Crippen LogP contribution in [0.2, 0.25) is 0 Å². The van der Waals surface area contributed by atoms with Gasteiger partial charge in [-0.25, -0.2) is 0 Å². The minimum atomic E-state index is 0.712. The van der Waals surface area contributed by atoms with Crippen LogP contribution >= 0.6 is 0 Å². The van der Waals surface area contributed by atoms with Gasteiger partial charge in [0.15, 0.2) is 11.5 Å². The fraction of sp³-hybridized carbons (Fsp3) is 0.625. The summed E-state index contributed by atoms with van der Waals surface area (Å²) in [7, 11) is 3.34. The zero-order valence-corrected chi connectivity index (χ0v) is 13.2. The van der Waals surface area contributed by atoms with Crippen molar-refractivity contribution in [1.82, 2.24) is 10.6 Å². The van der Waals surface area contributed by atoms with Gasteiger partial charge in [-0.05, 0) is 38.0 Å². The fourth-order valence-corrected chi connectivity index (χ4v) is 2.05. The summed E-state index contributed by atoms with van der Waals surface area (Å²) in [5.41, 5.74) is 1.13. The fourth-order valence-electron chi connectivity index (χ4n) is 2.05. The quantitative estimate of drug-likeness (QED) is 0.646. The Labute approximate surface area is 122 Å². The molecule has 2 N–H and O–H groups in total. The van der Waals surface area contributed by atoms with Gasteiger partial charge in [0, 0.05) is 12.1 Å². The summed E-state index contributed by atoms with van der Waals surface area (Å²) in [5.74, 6) is 2.31. The minimum Gasteiger partial charge on any atom is -0.493 e. The molecule has 0 aliphatic heterocycles. The number of para-hydroxylation sites is 1. The van der Waals surface area contributed by atoms with Crippen molar-refractivity contribution in [3.05, 3.63) is 23.8 Å². The van der Waals surface area contributed by atoms with Gasteiger partial charge < -0.3 is 20.1 Å². The average molecular weight is 280 g/mol. The van der Waals surface area contributed by atoms with Crippen LogP contribution in [0.5, 0.6) is 11.5 Å². The van der Waals surface area contributed by atoms with Crippen LogP contribution in [0.4, 0.5) is 0 Å². The highest BCUT2D eigenvalue weighted by Crippen LogP contribution is 2.30. The summed E-state index contributed by atoms with van der Waals surface area (Å²) in [6, 6.07) is 5.96. The van der Waals surface area contributed by atoms with Crippen molar-refractivity contribution in [2.24, 2.45) is 5.92 Å². The van der Waals surface area contributed by atoms with E-state index in [1.807, 2.05) is 12.1 Å². The molecule has 0 saturated carbocycles. The SMILES string of the molecule is COc1cccc(CNCCCNCC(C)C)c1OC. The third-order valence-electron chi connectivity index (χ3n) is 3.06. The lowest BCUT2D eigenvalue weighted by molar-refractivity contribution is 0.350. The summed E-state index contributed by atoms with van der Waals surface area (Å²) < 4.78 is 10.7. The topological polar surface area (TPSA) is 42.5 Å². The van der Waals surface area contributed by atoms with Gasteiger partial charge in [0.2, 0.25) is 0 Å². The van der Waals surface area contributed by atoms with Crippen molar-refractivity contribution in [3.63, 3.8) is 0 Å². The molecular weight excluding hydrogens is 252 g/mol. The lowest BCUT2D eigenvalue weighted by atomic mass is 10.2. The highest BCUT2D eigenvalue weighted by atomic mass is 16.5. The summed E-state index contributed by atoms with van der Waals surface area (Å²) >= 11 is 0. The van der Waals surface area contributed by atoms with Gasteiger partial charge >= 0.3 is 0 Å². The number of hydrogen-bond donors (Lipinski definition) is 2. The van der Waals surface area contributed by atoms with Crippen LogP contribution in [0.15, 0.2) is 18.2 Å². The Morgan fingerprint density at radius 3 is 2.45 bits per heavy atom. The molecule has 114 valence electrons. The molecule has 1 rings (SSSR count). The second-order valence-electron chi connectivity index (χ2n) is 5.28. The van der Waals surface area contributed by atoms with Crippen LogP contribution in [-0.2, 0) is 6.54 Å². The Kier molecular flexibility index (Phi) is 8.07. The molecule has 0 heterocycles. The maximum Gasteiger partial charge on any atom is 0.165 e. The molecule has 0 fully saturated rings. The van der Waals surface area contributed by atoms with Crippen LogP contribution < -0.4 is 20.1 Å². The molecule has 20 heavy (non-hydrogen) atoms. The molecule has 0 aromatic heterocycles. The van der Waals surface area contributed by atoms with Crippen molar-refractivity contribution < 1.29 is 9.47 Å². The minimum absolute atomic E-state index is 0.712. The van der Waals surface area contributed by atoms with Gasteiger partial charge in [0.1, 0.15) is 0 Å². The number of ether oxygens (including phenoxy) is 2. The van der Waals surface area contributed by atoms with E-state index >= 15 is 0 Å². The summed E-state index contributed by atoms with van der Waals surface area (Å²) in [6.07, 6.45) is 1.12. The van der Waals surface area contributed by atoms with Crippen molar-refractivity contribution >= 4 is 0 Å². The predicted octanol–water partition coefficient (Wildman–Crippen LogP) is 2.43. The molecule has 4 nitrogen and oxygen atoms in total. The Hall–Kier alpha value is -1.26. The zero-order valence-electron chi connectivity index (χ0n) is 13.2. The lowest BCUT2D eigenvalue weighted by Gasteiger charge is -2.13. The second-order valence-corrected chi connectivity index (χ2v) is 5.28. The average Bonchev–Trinajstić information content (AvgIpc) is 2.45. The van der Waals surface area contributed by atoms with Crippen molar-refractivity contribution in [2.45, 2.75) is 26.8 Å². The number of benzene rings is 1. The first-order chi connectivity index (χ1) is 9.69. The Morgan fingerprint density at radius 2 is 1.80 bits per heavy atom. The Morgan fingerprint density at radius 1 is 1.05 bits per heavy atom. The molecule has 0 spiro atoms. The van der Waals surface area contributed by atoms with E-state index in [9.17, 15) is 0 Å². The van der Waals surface area contributed by atoms with Gasteiger partial charge in [-0.3, -0.25) is 0 Å². The van der Waals surface area contributed by atoms with E-state index < -0.39 is 0 Å². The third-order valence-corrected chi connectivity index (χ3v) is 3.06. The van der Waals surface area contributed by atoms with Crippen molar-refractivity contribution in [2.75, 3.05) is 33.9 Å². The maximum atomic E-state index is 5.41. The number of hydrogen-bond acceptors (Lipinski definition) is 4. The molecule has 0 unspecified atom stereocenters. The molecule has 1 aromatic carbocycles. The summed E-state index contributed by atoms with van der Waals surface area (Å²) in [6.45, 7) is 8.38. The smallest absolute Gasteiger partial charge is 0.165 e. The number of nitrogens with one attached hydrogen (secondary N) is 2. The largest absolute Gasteiger partial charge is 0.493 e. The Balaban J connectivity index is 2.28. The van der Waals surface area contributed by atoms with Crippen LogP contribution in [0.3, 0.4) is 0 Å². The predicted molar refractivity (Wildman–Crippen MR) is 83.6 cm³/mol. The molecule has 0 aliphatic rings. The van der Waals surface area contributed by atoms with Crippen LogP contribution in [0.25, 0.3) is 0 Å². The standard InChI is InChI=1S/C16H28N2O2/c1-13(2)11-17-9-6-10-18-12-14-7-5-8-15(19-3)16(14)20-4/h5,7-8,13,17-18H,6,9-12H2,1-4H3. The molecule has 0 aliphatic carbocycles. The first-order valence-electron chi connectivity index (χ1n) is 7.30. The summed E-state index contributed by atoms with van der Waals surface area (Å²) in [4.78, 5) is 0. The molecular formula is C16H28N2O2. The van der Waals surface area contributed by atoms with Gasteiger partial charge in [-0.2, -0.15) is 0 Å². The van der Waals surface area contributed by atoms with Gasteiger partial charge in [-0.1, -0.05) is 26.0 Å². The molecule has 0 amide bonds. The van der Waals surface area contributed by atoms with Crippen molar-refractivity contribution in [3.8, 4) is 11.5 Å². The molecule has 0 radical (unpaired) electrons. The van der Waals surface area contributed by atoms with E-state index in [-0.39, 0.29) is 0 Å². The monoisotopic (exact) mass is 280 g/mol.